The molecule has 2 saturated heterocycles. The number of piperazine rings is 1. The number of hydrogen-bond acceptors (Lipinski definition) is 5. The first-order chi connectivity index (χ1) is 11.6. The second-order valence-corrected chi connectivity index (χ2v) is 6.92. The highest BCUT2D eigenvalue weighted by atomic mass is 16.5. The average molecular weight is 339 g/mol. The van der Waals surface area contributed by atoms with Crippen molar-refractivity contribution in [2.24, 2.45) is 0 Å². The van der Waals surface area contributed by atoms with Crippen LogP contribution in [0, 0.1) is 0 Å². The Bertz CT molecular complexity index is 422. The molecule has 0 bridgehead atoms. The number of ether oxygens (including phenoxy) is 1. The van der Waals surface area contributed by atoms with Crippen LogP contribution in [0.4, 0.5) is 0 Å². The summed E-state index contributed by atoms with van der Waals surface area (Å²) < 4.78 is 5.18. The SMILES string of the molecule is CCOC(=O)[C@H](CC)N1CCN(CC(=O)N2CCCC[C@@H]2C)CC1. The third kappa shape index (κ3) is 4.93. The molecule has 2 aliphatic rings. The summed E-state index contributed by atoms with van der Waals surface area (Å²) in [6, 6.07) is 0.228. The van der Waals surface area contributed by atoms with E-state index >= 15 is 0 Å². The number of nitrogens with zero attached hydrogens (tertiary/aromatic N) is 3. The lowest BCUT2D eigenvalue weighted by molar-refractivity contribution is -0.151. The van der Waals surface area contributed by atoms with Crippen molar-refractivity contribution in [3.05, 3.63) is 0 Å². The van der Waals surface area contributed by atoms with E-state index in [-0.39, 0.29) is 17.9 Å². The van der Waals surface area contributed by atoms with Crippen LogP contribution in [-0.2, 0) is 14.3 Å². The Balaban J connectivity index is 1.79. The average Bonchev–Trinajstić information content (AvgIpc) is 2.57. The minimum atomic E-state index is -0.148. The van der Waals surface area contributed by atoms with Crippen LogP contribution >= 0.6 is 0 Å². The standard InChI is InChI=1S/C18H33N3O3/c1-4-16(18(23)24-5-2)20-12-10-19(11-13-20)14-17(22)21-9-7-6-8-15(21)3/h15-16H,4-14H2,1-3H3/t15-,16-/m0/s1. The van der Waals surface area contributed by atoms with Gasteiger partial charge in [-0.3, -0.25) is 19.4 Å². The van der Waals surface area contributed by atoms with Crippen molar-refractivity contribution >= 4 is 11.9 Å². The molecule has 24 heavy (non-hydrogen) atoms. The zero-order valence-corrected chi connectivity index (χ0v) is 15.5. The third-order valence-electron chi connectivity index (χ3n) is 5.28. The van der Waals surface area contributed by atoms with Crippen molar-refractivity contribution in [3.8, 4) is 0 Å². The summed E-state index contributed by atoms with van der Waals surface area (Å²) in [4.78, 5) is 31.0. The summed E-state index contributed by atoms with van der Waals surface area (Å²) in [5.74, 6) is 0.139. The minimum Gasteiger partial charge on any atom is -0.465 e. The molecule has 0 N–H and O–H groups in total. The highest BCUT2D eigenvalue weighted by Gasteiger charge is 2.30. The van der Waals surface area contributed by atoms with Gasteiger partial charge in [-0.05, 0) is 39.5 Å². The lowest BCUT2D eigenvalue weighted by atomic mass is 10.0. The summed E-state index contributed by atoms with van der Waals surface area (Å²) >= 11 is 0. The molecule has 0 aromatic rings. The van der Waals surface area contributed by atoms with Crippen LogP contribution in [0.5, 0.6) is 0 Å². The lowest BCUT2D eigenvalue weighted by Crippen LogP contribution is -2.55. The van der Waals surface area contributed by atoms with Crippen LogP contribution in [0.25, 0.3) is 0 Å². The molecule has 0 radical (unpaired) electrons. The minimum absolute atomic E-state index is 0.119. The molecular weight excluding hydrogens is 306 g/mol. The maximum absolute atomic E-state index is 12.5. The fourth-order valence-corrected chi connectivity index (χ4v) is 3.80. The quantitative estimate of drug-likeness (QED) is 0.684. The van der Waals surface area contributed by atoms with Gasteiger partial charge in [-0.25, -0.2) is 0 Å². The number of amides is 1. The van der Waals surface area contributed by atoms with Gasteiger partial charge in [0.2, 0.25) is 5.91 Å². The molecule has 0 saturated carbocycles. The second kappa shape index (κ2) is 9.37. The van der Waals surface area contributed by atoms with Gasteiger partial charge in [0.05, 0.1) is 13.2 Å². The number of piperidine rings is 1. The maximum atomic E-state index is 12.5. The van der Waals surface area contributed by atoms with Crippen molar-refractivity contribution in [3.63, 3.8) is 0 Å². The van der Waals surface area contributed by atoms with Crippen LogP contribution < -0.4 is 0 Å². The summed E-state index contributed by atoms with van der Waals surface area (Å²) in [6.45, 7) is 11.2. The predicted molar refractivity (Wildman–Crippen MR) is 93.8 cm³/mol. The third-order valence-corrected chi connectivity index (χ3v) is 5.28. The van der Waals surface area contributed by atoms with Gasteiger partial charge in [-0.15, -0.1) is 0 Å². The fraction of sp³-hybridized carbons (Fsp3) is 0.889. The van der Waals surface area contributed by atoms with Crippen LogP contribution in [0.3, 0.4) is 0 Å². The smallest absolute Gasteiger partial charge is 0.323 e. The normalized spacial score (nSPS) is 24.6. The van der Waals surface area contributed by atoms with Crippen LogP contribution in [0.2, 0.25) is 0 Å². The van der Waals surface area contributed by atoms with Gasteiger partial charge in [0.15, 0.2) is 0 Å². The number of likely N-dealkylation sites (tertiary alicyclic amines) is 1. The number of carbonyl (C=O) groups excluding carboxylic acids is 2. The topological polar surface area (TPSA) is 53.1 Å². The van der Waals surface area contributed by atoms with Gasteiger partial charge >= 0.3 is 5.97 Å². The molecule has 2 heterocycles. The lowest BCUT2D eigenvalue weighted by Gasteiger charge is -2.39. The molecule has 2 aliphatic heterocycles. The highest BCUT2D eigenvalue weighted by molar-refractivity contribution is 5.78. The van der Waals surface area contributed by atoms with E-state index < -0.39 is 0 Å². The monoisotopic (exact) mass is 339 g/mol. The summed E-state index contributed by atoms with van der Waals surface area (Å²) in [5, 5.41) is 0. The number of hydrogen-bond donors (Lipinski definition) is 0. The highest BCUT2D eigenvalue weighted by Crippen LogP contribution is 2.17. The molecule has 2 atom stereocenters. The number of rotatable bonds is 6. The second-order valence-electron chi connectivity index (χ2n) is 6.92. The van der Waals surface area contributed by atoms with Crippen molar-refractivity contribution in [2.45, 2.75) is 58.5 Å². The largest absolute Gasteiger partial charge is 0.465 e. The van der Waals surface area contributed by atoms with Gasteiger partial charge < -0.3 is 9.64 Å². The molecule has 2 fully saturated rings. The van der Waals surface area contributed by atoms with Gasteiger partial charge in [-0.1, -0.05) is 6.92 Å². The molecular formula is C18H33N3O3. The molecule has 1 amide bonds. The van der Waals surface area contributed by atoms with E-state index in [4.69, 9.17) is 4.74 Å². The molecule has 6 nitrogen and oxygen atoms in total. The first-order valence-corrected chi connectivity index (χ1v) is 9.49. The molecule has 0 spiro atoms. The first kappa shape index (κ1) is 19.2. The van der Waals surface area contributed by atoms with E-state index in [2.05, 4.69) is 16.7 Å². The van der Waals surface area contributed by atoms with E-state index in [1.54, 1.807) is 0 Å². The number of esters is 1. The van der Waals surface area contributed by atoms with Crippen LogP contribution in [0.1, 0.15) is 46.5 Å². The molecule has 0 aliphatic carbocycles. The van der Waals surface area contributed by atoms with Crippen molar-refractivity contribution in [1.29, 1.82) is 0 Å². The zero-order valence-electron chi connectivity index (χ0n) is 15.5. The summed E-state index contributed by atoms with van der Waals surface area (Å²) in [6.07, 6.45) is 4.25. The Morgan fingerprint density at radius 1 is 1.08 bits per heavy atom. The van der Waals surface area contributed by atoms with E-state index in [1.807, 2.05) is 18.7 Å². The van der Waals surface area contributed by atoms with Crippen LogP contribution in [0.15, 0.2) is 0 Å². The Kier molecular flexibility index (Phi) is 7.49. The molecule has 0 unspecified atom stereocenters. The van der Waals surface area contributed by atoms with Gasteiger partial charge in [0.1, 0.15) is 6.04 Å². The van der Waals surface area contributed by atoms with E-state index in [0.717, 1.165) is 52.0 Å². The van der Waals surface area contributed by atoms with E-state index in [9.17, 15) is 9.59 Å². The molecule has 0 aromatic carbocycles. The van der Waals surface area contributed by atoms with E-state index in [1.165, 1.54) is 6.42 Å². The van der Waals surface area contributed by atoms with Crippen molar-refractivity contribution < 1.29 is 14.3 Å². The summed E-state index contributed by atoms with van der Waals surface area (Å²) in [7, 11) is 0. The maximum Gasteiger partial charge on any atom is 0.323 e. The first-order valence-electron chi connectivity index (χ1n) is 9.49. The predicted octanol–water partition coefficient (Wildman–Crippen LogP) is 1.35. The fourth-order valence-electron chi connectivity index (χ4n) is 3.80. The van der Waals surface area contributed by atoms with E-state index in [0.29, 0.717) is 19.2 Å². The Morgan fingerprint density at radius 2 is 1.79 bits per heavy atom. The Morgan fingerprint density at radius 3 is 2.38 bits per heavy atom. The Labute approximate surface area is 146 Å². The Hall–Kier alpha value is -1.14. The van der Waals surface area contributed by atoms with Gasteiger partial charge in [-0.2, -0.15) is 0 Å². The van der Waals surface area contributed by atoms with Crippen molar-refractivity contribution in [2.75, 3.05) is 45.9 Å². The van der Waals surface area contributed by atoms with Crippen molar-refractivity contribution in [1.82, 2.24) is 14.7 Å². The summed E-state index contributed by atoms with van der Waals surface area (Å²) in [5.41, 5.74) is 0. The molecule has 6 heteroatoms. The van der Waals surface area contributed by atoms with Gasteiger partial charge in [0.25, 0.3) is 0 Å². The zero-order chi connectivity index (χ0) is 17.5. The molecule has 0 aromatic heterocycles. The molecule has 138 valence electrons. The molecule has 2 rings (SSSR count). The van der Waals surface area contributed by atoms with Gasteiger partial charge in [0, 0.05) is 38.8 Å². The number of carbonyl (C=O) groups is 2. The van der Waals surface area contributed by atoms with Crippen LogP contribution in [-0.4, -0.2) is 84.5 Å².